The van der Waals surface area contributed by atoms with Crippen molar-refractivity contribution in [2.24, 2.45) is 0 Å². The maximum atomic E-state index is 14.4. The molecule has 0 bridgehead atoms. The Kier molecular flexibility index (Phi) is 5.23. The molecule has 0 aliphatic carbocycles. The molecule has 0 spiro atoms. The Morgan fingerprint density at radius 3 is 2.50 bits per heavy atom. The summed E-state index contributed by atoms with van der Waals surface area (Å²) in [4.78, 5) is 16.0. The summed E-state index contributed by atoms with van der Waals surface area (Å²) in [6.45, 7) is 2.00. The lowest BCUT2D eigenvalue weighted by molar-refractivity contribution is 0.277. The normalized spacial score (nSPS) is 10.9. The van der Waals surface area contributed by atoms with Crippen molar-refractivity contribution >= 4 is 10.9 Å². The van der Waals surface area contributed by atoms with Gasteiger partial charge in [0.05, 0.1) is 42.5 Å². The summed E-state index contributed by atoms with van der Waals surface area (Å²) >= 11 is 0. The first-order chi connectivity index (χ1) is 12.6. The third-order valence-electron chi connectivity index (χ3n) is 4.15. The number of hydrogen-bond donors (Lipinski definition) is 2. The van der Waals surface area contributed by atoms with Gasteiger partial charge in [-0.05, 0) is 36.2 Å². The van der Waals surface area contributed by atoms with Crippen molar-refractivity contribution in [2.45, 2.75) is 20.0 Å². The van der Waals surface area contributed by atoms with Crippen molar-refractivity contribution in [3.05, 3.63) is 58.1 Å². The number of methoxy groups -OCH3 is 1. The second-order valence-electron chi connectivity index (χ2n) is 5.84. The Bertz CT molecular complexity index is 980. The number of aromatic amines is 1. The van der Waals surface area contributed by atoms with Crippen molar-refractivity contribution in [1.29, 1.82) is 0 Å². The van der Waals surface area contributed by atoms with Gasteiger partial charge in [-0.3, -0.25) is 4.79 Å². The number of aliphatic hydroxyl groups excluding tert-OH is 1. The van der Waals surface area contributed by atoms with Crippen LogP contribution in [0.15, 0.2) is 41.2 Å². The molecule has 0 aliphatic rings. The number of nitrogens with one attached hydrogen (secondary N) is 1. The smallest absolute Gasteiger partial charge is 0.200 e. The van der Waals surface area contributed by atoms with Gasteiger partial charge in [0.25, 0.3) is 0 Å². The van der Waals surface area contributed by atoms with Crippen LogP contribution in [-0.4, -0.2) is 23.8 Å². The molecule has 0 unspecified atom stereocenters. The number of hydrogen-bond acceptors (Lipinski definition) is 4. The molecule has 136 valence electrons. The zero-order chi connectivity index (χ0) is 18.7. The van der Waals surface area contributed by atoms with Gasteiger partial charge in [-0.15, -0.1) is 0 Å². The third kappa shape index (κ3) is 3.15. The van der Waals surface area contributed by atoms with E-state index in [0.717, 1.165) is 6.42 Å². The quantitative estimate of drug-likeness (QED) is 0.707. The van der Waals surface area contributed by atoms with Crippen LogP contribution < -0.4 is 14.9 Å². The van der Waals surface area contributed by atoms with Crippen LogP contribution in [-0.2, 0) is 6.61 Å². The Morgan fingerprint density at radius 1 is 1.15 bits per heavy atom. The van der Waals surface area contributed by atoms with E-state index in [0.29, 0.717) is 29.4 Å². The van der Waals surface area contributed by atoms with Crippen LogP contribution in [0.2, 0.25) is 0 Å². The first kappa shape index (κ1) is 17.9. The summed E-state index contributed by atoms with van der Waals surface area (Å²) in [5.41, 5.74) is 0.864. The monoisotopic (exact) mass is 357 g/mol. The molecular weight excluding hydrogens is 337 g/mol. The number of halogens is 1. The fraction of sp³-hybridized carbons (Fsp3) is 0.250. The van der Waals surface area contributed by atoms with Crippen LogP contribution >= 0.6 is 0 Å². The molecule has 0 aliphatic heterocycles. The Hall–Kier alpha value is -2.86. The third-order valence-corrected chi connectivity index (χ3v) is 4.15. The summed E-state index contributed by atoms with van der Waals surface area (Å²) in [5.74, 6) is 0.388. The zero-order valence-corrected chi connectivity index (χ0v) is 14.6. The van der Waals surface area contributed by atoms with Crippen molar-refractivity contribution in [3.8, 4) is 22.6 Å². The van der Waals surface area contributed by atoms with Crippen LogP contribution in [0, 0.1) is 5.82 Å². The maximum Gasteiger partial charge on any atom is 0.200 e. The molecule has 1 heterocycles. The molecular formula is C20H20FNO4. The number of benzene rings is 2. The highest BCUT2D eigenvalue weighted by atomic mass is 19.1. The van der Waals surface area contributed by atoms with E-state index in [4.69, 9.17) is 9.47 Å². The molecule has 0 fully saturated rings. The Morgan fingerprint density at radius 2 is 1.88 bits per heavy atom. The number of rotatable bonds is 6. The summed E-state index contributed by atoms with van der Waals surface area (Å²) in [6, 6.07) is 9.51. The molecule has 6 heteroatoms. The molecule has 0 saturated carbocycles. The maximum absolute atomic E-state index is 14.4. The summed E-state index contributed by atoms with van der Waals surface area (Å²) in [6.07, 6.45) is 0.778. The van der Waals surface area contributed by atoms with E-state index >= 15 is 0 Å². The number of aliphatic hydroxyl groups is 1. The highest BCUT2D eigenvalue weighted by Crippen LogP contribution is 2.29. The molecule has 0 radical (unpaired) electrons. The standard InChI is InChI=1S/C20H20FNO4/c1-3-10-26-16-9-8-14(21)18-19(16)22-15(11-23)17(20(18)24)12-4-6-13(25-2)7-5-12/h4-9,23H,3,10-11H2,1-2H3,(H,22,24). The first-order valence-electron chi connectivity index (χ1n) is 8.36. The number of pyridine rings is 1. The van der Waals surface area contributed by atoms with Crippen molar-refractivity contribution < 1.29 is 19.0 Å². The van der Waals surface area contributed by atoms with Gasteiger partial charge in [0.2, 0.25) is 5.43 Å². The molecule has 2 aromatic carbocycles. The molecule has 26 heavy (non-hydrogen) atoms. The van der Waals surface area contributed by atoms with Gasteiger partial charge in [0, 0.05) is 0 Å². The molecule has 3 aromatic rings. The fourth-order valence-electron chi connectivity index (χ4n) is 2.89. The van der Waals surface area contributed by atoms with Crippen molar-refractivity contribution in [2.75, 3.05) is 13.7 Å². The van der Waals surface area contributed by atoms with E-state index in [-0.39, 0.29) is 16.5 Å². The van der Waals surface area contributed by atoms with E-state index < -0.39 is 17.9 Å². The second-order valence-corrected chi connectivity index (χ2v) is 5.84. The molecule has 0 amide bonds. The predicted octanol–water partition coefficient (Wildman–Crippen LogP) is 3.62. The average molecular weight is 357 g/mol. The number of fused-ring (bicyclic) bond motifs is 1. The van der Waals surface area contributed by atoms with E-state index in [2.05, 4.69) is 4.98 Å². The van der Waals surface area contributed by atoms with E-state index in [9.17, 15) is 14.3 Å². The largest absolute Gasteiger partial charge is 0.497 e. The minimum atomic E-state index is -0.635. The second kappa shape index (κ2) is 7.58. The van der Waals surface area contributed by atoms with E-state index in [1.54, 1.807) is 31.4 Å². The molecule has 2 N–H and O–H groups in total. The highest BCUT2D eigenvalue weighted by Gasteiger charge is 2.19. The van der Waals surface area contributed by atoms with Gasteiger partial charge in [0.15, 0.2) is 0 Å². The van der Waals surface area contributed by atoms with Gasteiger partial charge < -0.3 is 19.6 Å². The van der Waals surface area contributed by atoms with E-state index in [1.165, 1.54) is 12.1 Å². The summed E-state index contributed by atoms with van der Waals surface area (Å²) in [5, 5.41) is 9.69. The van der Waals surface area contributed by atoms with Crippen LogP contribution in [0.4, 0.5) is 4.39 Å². The van der Waals surface area contributed by atoms with Gasteiger partial charge in [-0.1, -0.05) is 19.1 Å². The van der Waals surface area contributed by atoms with Crippen LogP contribution in [0.25, 0.3) is 22.0 Å². The van der Waals surface area contributed by atoms with Gasteiger partial charge in [0.1, 0.15) is 17.3 Å². The number of aromatic nitrogens is 1. The van der Waals surface area contributed by atoms with Crippen LogP contribution in [0.5, 0.6) is 11.5 Å². The lowest BCUT2D eigenvalue weighted by Gasteiger charge is -2.14. The predicted molar refractivity (Wildman–Crippen MR) is 98.2 cm³/mol. The van der Waals surface area contributed by atoms with Gasteiger partial charge >= 0.3 is 0 Å². The van der Waals surface area contributed by atoms with Gasteiger partial charge in [-0.25, -0.2) is 4.39 Å². The van der Waals surface area contributed by atoms with Crippen molar-refractivity contribution in [1.82, 2.24) is 4.98 Å². The first-order valence-corrected chi connectivity index (χ1v) is 8.36. The van der Waals surface area contributed by atoms with Gasteiger partial charge in [-0.2, -0.15) is 0 Å². The molecule has 1 aromatic heterocycles. The fourth-order valence-corrected chi connectivity index (χ4v) is 2.89. The topological polar surface area (TPSA) is 71.6 Å². The number of H-pyrrole nitrogens is 1. The zero-order valence-electron chi connectivity index (χ0n) is 14.6. The Balaban J connectivity index is 2.28. The summed E-state index contributed by atoms with van der Waals surface area (Å²) in [7, 11) is 1.55. The van der Waals surface area contributed by atoms with Crippen LogP contribution in [0.3, 0.4) is 0 Å². The minimum absolute atomic E-state index is 0.0818. The molecule has 0 atom stereocenters. The average Bonchev–Trinajstić information content (AvgIpc) is 2.67. The molecule has 0 saturated heterocycles. The minimum Gasteiger partial charge on any atom is -0.497 e. The molecule has 5 nitrogen and oxygen atoms in total. The molecule has 3 rings (SSSR count). The Labute approximate surface area is 150 Å². The lowest BCUT2D eigenvalue weighted by atomic mass is 10.00. The lowest BCUT2D eigenvalue weighted by Crippen LogP contribution is -2.14. The van der Waals surface area contributed by atoms with Crippen molar-refractivity contribution in [3.63, 3.8) is 0 Å². The summed E-state index contributed by atoms with van der Waals surface area (Å²) < 4.78 is 25.2. The van der Waals surface area contributed by atoms with Crippen LogP contribution in [0.1, 0.15) is 19.0 Å². The SMILES string of the molecule is CCCOc1ccc(F)c2c(=O)c(-c3ccc(OC)cc3)c(CO)[nH]c12. The number of ether oxygens (including phenoxy) is 2. The highest BCUT2D eigenvalue weighted by molar-refractivity contribution is 5.89. The van der Waals surface area contributed by atoms with E-state index in [1.807, 2.05) is 6.92 Å².